The number of benzene rings is 2. The molecule has 39 heavy (non-hydrogen) atoms. The fourth-order valence-corrected chi connectivity index (χ4v) is 5.83. The number of carbonyl (C=O) groups is 2. The van der Waals surface area contributed by atoms with Crippen LogP contribution in [0.1, 0.15) is 17.5 Å². The molecule has 2 aliphatic rings. The van der Waals surface area contributed by atoms with Crippen molar-refractivity contribution in [3.05, 3.63) is 71.7 Å². The summed E-state index contributed by atoms with van der Waals surface area (Å²) in [5.74, 6) is -3.03. The molecule has 2 aromatic rings. The summed E-state index contributed by atoms with van der Waals surface area (Å²) in [5.41, 5.74) is -1.10. The maximum absolute atomic E-state index is 14.5. The Morgan fingerprint density at radius 3 is 2.05 bits per heavy atom. The number of carbonyl (C=O) groups excluding carboxylic acids is 2. The van der Waals surface area contributed by atoms with E-state index in [4.69, 9.17) is 30.1 Å². The number of aryl methyl sites for hydroxylation is 2. The van der Waals surface area contributed by atoms with Gasteiger partial charge in [0.25, 0.3) is 6.43 Å². The van der Waals surface area contributed by atoms with Crippen molar-refractivity contribution in [3.63, 3.8) is 0 Å². The lowest BCUT2D eigenvalue weighted by Crippen LogP contribution is -2.52. The zero-order valence-electron chi connectivity index (χ0n) is 20.7. The molecule has 9 nitrogen and oxygen atoms in total. The molecule has 1 saturated heterocycles. The predicted octanol–water partition coefficient (Wildman–Crippen LogP) is 3.70. The second-order valence-electron chi connectivity index (χ2n) is 9.11. The Labute approximate surface area is 227 Å². The summed E-state index contributed by atoms with van der Waals surface area (Å²) in [4.78, 5) is 24.2. The molecule has 0 saturated carbocycles. The molecule has 1 amide bonds. The van der Waals surface area contributed by atoms with Gasteiger partial charge in [0.15, 0.2) is 17.7 Å². The number of ketones is 1. The first kappa shape index (κ1) is 29.2. The number of nitrogens with zero attached hydrogens (tertiary/aromatic N) is 1. The quantitative estimate of drug-likeness (QED) is 0.335. The average Bonchev–Trinajstić information content (AvgIpc) is 3.14. The minimum Gasteiger partial charge on any atom is -0.416 e. The van der Waals surface area contributed by atoms with Crippen LogP contribution in [-0.4, -0.2) is 63.9 Å². The van der Waals surface area contributed by atoms with Crippen LogP contribution in [0.3, 0.4) is 0 Å². The van der Waals surface area contributed by atoms with E-state index >= 15 is 0 Å². The van der Waals surface area contributed by atoms with Gasteiger partial charge in [-0.2, -0.15) is 0 Å². The molecule has 4 rings (SSSR count). The van der Waals surface area contributed by atoms with Gasteiger partial charge in [-0.3, -0.25) is 19.0 Å². The number of aliphatic hydroxyl groups excluding tert-OH is 2. The third kappa shape index (κ3) is 6.19. The van der Waals surface area contributed by atoms with Crippen LogP contribution in [0.5, 0.6) is 11.5 Å². The number of alkyl halides is 2. The molecular formula is C25H25F3NO8PS. The summed E-state index contributed by atoms with van der Waals surface area (Å²) in [6.45, 7) is -1.38. The van der Waals surface area contributed by atoms with Crippen molar-refractivity contribution in [2.45, 2.75) is 50.7 Å². The van der Waals surface area contributed by atoms with E-state index in [0.717, 1.165) is 11.1 Å². The van der Waals surface area contributed by atoms with Gasteiger partial charge in [0.1, 0.15) is 23.7 Å². The second kappa shape index (κ2) is 11.4. The van der Waals surface area contributed by atoms with Crippen LogP contribution in [-0.2, 0) is 30.7 Å². The number of halogens is 3. The van der Waals surface area contributed by atoms with Gasteiger partial charge in [0.05, 0.1) is 13.0 Å². The molecule has 4 atom stereocenters. The fourth-order valence-electron chi connectivity index (χ4n) is 3.90. The number of aliphatic hydroxyl groups is 2. The molecule has 2 aromatic carbocycles. The molecule has 2 aliphatic heterocycles. The van der Waals surface area contributed by atoms with Crippen molar-refractivity contribution >= 4 is 30.2 Å². The van der Waals surface area contributed by atoms with Gasteiger partial charge < -0.3 is 24.0 Å². The smallest absolute Gasteiger partial charge is 0.416 e. The Hall–Kier alpha value is -2.80. The number of rotatable bonds is 9. The monoisotopic (exact) mass is 587 g/mol. The Kier molecular flexibility index (Phi) is 8.50. The normalized spacial score (nSPS) is 25.7. The van der Waals surface area contributed by atoms with E-state index in [0.29, 0.717) is 11.1 Å². The largest absolute Gasteiger partial charge is 0.435 e. The summed E-state index contributed by atoms with van der Waals surface area (Å²) < 4.78 is 65.4. The molecule has 14 heteroatoms. The van der Waals surface area contributed by atoms with Crippen LogP contribution in [0.25, 0.3) is 0 Å². The van der Waals surface area contributed by atoms with Crippen molar-refractivity contribution < 1.29 is 51.3 Å². The van der Waals surface area contributed by atoms with Crippen LogP contribution in [0.4, 0.5) is 13.2 Å². The molecule has 0 aliphatic carbocycles. The van der Waals surface area contributed by atoms with Crippen LogP contribution in [0.2, 0.25) is 0 Å². The van der Waals surface area contributed by atoms with E-state index in [-0.39, 0.29) is 11.5 Å². The Balaban J connectivity index is 1.62. The first-order valence-corrected chi connectivity index (χ1v) is 14.2. The minimum atomic E-state index is -3.93. The first-order valence-electron chi connectivity index (χ1n) is 11.6. The molecule has 0 bridgehead atoms. The van der Waals surface area contributed by atoms with E-state index in [9.17, 15) is 33.0 Å². The molecular weight excluding hydrogens is 562 g/mol. The minimum absolute atomic E-state index is 0.220. The molecule has 1 fully saturated rings. The Bertz CT molecular complexity index is 1260. The topological polar surface area (TPSA) is 115 Å². The number of allylic oxidation sites excluding steroid dienone is 1. The van der Waals surface area contributed by atoms with Crippen molar-refractivity contribution in [2.24, 2.45) is 0 Å². The van der Waals surface area contributed by atoms with Gasteiger partial charge in [0, 0.05) is 18.0 Å². The number of Topliss-reactive ketones (excluding diaryl/α,β-unsaturated/α-hetero) is 1. The van der Waals surface area contributed by atoms with E-state index < -0.39 is 67.7 Å². The van der Waals surface area contributed by atoms with Gasteiger partial charge in [-0.05, 0) is 38.1 Å². The fraction of sp³-hybridized carbons (Fsp3) is 0.360. The van der Waals surface area contributed by atoms with E-state index in [1.165, 1.54) is 0 Å². The summed E-state index contributed by atoms with van der Waals surface area (Å²) in [6, 6.07) is 13.2. The third-order valence-corrected chi connectivity index (χ3v) is 8.22. The number of hydrogen-bond acceptors (Lipinski definition) is 9. The van der Waals surface area contributed by atoms with E-state index in [1.54, 1.807) is 48.5 Å². The maximum Gasteiger partial charge on any atom is 0.435 e. The Morgan fingerprint density at radius 2 is 1.56 bits per heavy atom. The summed E-state index contributed by atoms with van der Waals surface area (Å²) in [6.07, 6.45) is -10.3. The van der Waals surface area contributed by atoms with Gasteiger partial charge in [0.2, 0.25) is 11.7 Å². The van der Waals surface area contributed by atoms with Crippen molar-refractivity contribution in [1.82, 2.24) is 4.90 Å². The zero-order valence-corrected chi connectivity index (χ0v) is 22.4. The van der Waals surface area contributed by atoms with E-state index in [2.05, 4.69) is 0 Å². The van der Waals surface area contributed by atoms with Crippen LogP contribution in [0, 0.1) is 13.8 Å². The molecule has 210 valence electrons. The highest BCUT2D eigenvalue weighted by Crippen LogP contribution is 2.52. The van der Waals surface area contributed by atoms with Crippen LogP contribution < -0.4 is 9.05 Å². The van der Waals surface area contributed by atoms with Gasteiger partial charge in [-0.25, -0.2) is 13.2 Å². The highest BCUT2D eigenvalue weighted by molar-refractivity contribution is 8.07. The molecule has 0 radical (unpaired) electrons. The van der Waals surface area contributed by atoms with Gasteiger partial charge >= 0.3 is 6.72 Å². The first-order chi connectivity index (χ1) is 18.3. The zero-order chi connectivity index (χ0) is 28.5. The highest BCUT2D eigenvalue weighted by atomic mass is 32.5. The lowest BCUT2D eigenvalue weighted by Gasteiger charge is -2.34. The number of ether oxygens (including phenoxy) is 1. The highest BCUT2D eigenvalue weighted by Gasteiger charge is 2.62. The lowest BCUT2D eigenvalue weighted by atomic mass is 9.96. The Morgan fingerprint density at radius 1 is 1.05 bits per heavy atom. The maximum atomic E-state index is 14.5. The molecule has 2 N–H and O–H groups in total. The van der Waals surface area contributed by atoms with Crippen molar-refractivity contribution in [3.8, 4) is 11.5 Å². The summed E-state index contributed by atoms with van der Waals surface area (Å²) in [7, 11) is 0. The molecule has 0 spiro atoms. The molecule has 2 heterocycles. The SMILES string of the molecule is Cc1ccc(OP(=S)(OC[C@@]2(C(F)F)O[C@@H](N3C=C(F)C(=O)CC3=O)[C@@H](O)[C@@H]2O)Oc2ccc(C)cc2)cc1. The molecule has 0 aromatic heterocycles. The third-order valence-electron chi connectivity index (χ3n) is 6.14. The van der Waals surface area contributed by atoms with Crippen LogP contribution in [0.15, 0.2) is 60.6 Å². The van der Waals surface area contributed by atoms with E-state index in [1.807, 2.05) is 13.8 Å². The predicted molar refractivity (Wildman–Crippen MR) is 135 cm³/mol. The van der Waals surface area contributed by atoms with Crippen molar-refractivity contribution in [2.75, 3.05) is 6.61 Å². The lowest BCUT2D eigenvalue weighted by molar-refractivity contribution is -0.200. The van der Waals surface area contributed by atoms with Gasteiger partial charge in [-0.15, -0.1) is 0 Å². The number of amides is 1. The average molecular weight is 588 g/mol. The standard InChI is InChI=1S/C25H25F3NO8PS/c1-14-3-7-16(8-4-14)36-38(39,37-17-9-5-15(2)6-10-17)34-13-25(24(27)28)22(33)21(32)23(35-25)29-12-18(26)19(30)11-20(29)31/h3-10,12,21-24,32-33H,11,13H2,1-2H3/t21-,22-,23+,25+/m0/s1. The van der Waals surface area contributed by atoms with Gasteiger partial charge in [-0.1, -0.05) is 35.4 Å². The van der Waals surface area contributed by atoms with Crippen LogP contribution >= 0.6 is 6.72 Å². The van der Waals surface area contributed by atoms with Crippen molar-refractivity contribution in [1.29, 1.82) is 0 Å². The summed E-state index contributed by atoms with van der Waals surface area (Å²) >= 11 is 5.51. The summed E-state index contributed by atoms with van der Waals surface area (Å²) in [5, 5.41) is 21.2. The second-order valence-corrected chi connectivity index (χ2v) is 12.0. The number of hydrogen-bond donors (Lipinski definition) is 2. The molecule has 0 unspecified atom stereocenters.